The van der Waals surface area contributed by atoms with E-state index in [1.54, 1.807) is 36.5 Å². The summed E-state index contributed by atoms with van der Waals surface area (Å²) >= 11 is 0. The number of aromatic amines is 1. The number of aliphatic hydroxyl groups is 1. The number of carbonyl (C=O) groups is 4. The first-order chi connectivity index (χ1) is 19.1. The van der Waals surface area contributed by atoms with Crippen LogP contribution in [0.3, 0.4) is 0 Å². The predicted molar refractivity (Wildman–Crippen MR) is 150 cm³/mol. The van der Waals surface area contributed by atoms with E-state index in [-0.39, 0.29) is 18.8 Å². The van der Waals surface area contributed by atoms with Crippen molar-refractivity contribution in [1.82, 2.24) is 20.9 Å². The van der Waals surface area contributed by atoms with Crippen molar-refractivity contribution in [2.75, 3.05) is 6.61 Å². The maximum Gasteiger partial charge on any atom is 0.326 e. The standard InChI is InChI=1S/C29H37N5O6/c1-17(2)12-21(30)26(36)34-25(16-35)28(38)32-23(13-18-8-4-3-5-9-18)27(37)33-24(29(39)40)14-19-15-31-22-11-7-6-10-20(19)22/h3-11,15,17,21,23-25,31,35H,12-14,16,30H2,1-2H3,(H,32,38)(H,33,37)(H,34,36)(H,39,40). The lowest BCUT2D eigenvalue weighted by Gasteiger charge is -2.25. The van der Waals surface area contributed by atoms with Crippen LogP contribution in [0.2, 0.25) is 0 Å². The summed E-state index contributed by atoms with van der Waals surface area (Å²) in [6.07, 6.45) is 2.16. The van der Waals surface area contributed by atoms with Gasteiger partial charge in [0.2, 0.25) is 17.7 Å². The van der Waals surface area contributed by atoms with Crippen LogP contribution < -0.4 is 21.7 Å². The molecule has 0 fully saturated rings. The number of benzene rings is 2. The summed E-state index contributed by atoms with van der Waals surface area (Å²) in [4.78, 5) is 54.1. The van der Waals surface area contributed by atoms with Crippen LogP contribution in [0.1, 0.15) is 31.4 Å². The third kappa shape index (κ3) is 8.39. The Balaban J connectivity index is 1.76. The van der Waals surface area contributed by atoms with Crippen LogP contribution in [0.15, 0.2) is 60.8 Å². The molecule has 40 heavy (non-hydrogen) atoms. The molecule has 11 heteroatoms. The number of amides is 3. The van der Waals surface area contributed by atoms with Gasteiger partial charge in [0.25, 0.3) is 0 Å². The van der Waals surface area contributed by atoms with Gasteiger partial charge in [0.05, 0.1) is 12.6 Å². The third-order valence-electron chi connectivity index (χ3n) is 6.51. The van der Waals surface area contributed by atoms with E-state index in [2.05, 4.69) is 20.9 Å². The number of H-pyrrole nitrogens is 1. The minimum atomic E-state index is -1.35. The van der Waals surface area contributed by atoms with Crippen LogP contribution in [0.5, 0.6) is 0 Å². The molecule has 4 unspecified atom stereocenters. The number of rotatable bonds is 14. The molecule has 11 nitrogen and oxygen atoms in total. The molecule has 8 N–H and O–H groups in total. The number of hydrogen-bond donors (Lipinski definition) is 7. The Bertz CT molecular complexity index is 1310. The molecule has 0 saturated carbocycles. The van der Waals surface area contributed by atoms with Gasteiger partial charge in [0.1, 0.15) is 18.1 Å². The Hall–Kier alpha value is -4.22. The second-order valence-electron chi connectivity index (χ2n) is 10.2. The van der Waals surface area contributed by atoms with Crippen LogP contribution in [0.25, 0.3) is 10.9 Å². The minimum Gasteiger partial charge on any atom is -0.480 e. The number of carboxylic acid groups (broad SMARTS) is 1. The van der Waals surface area contributed by atoms with Gasteiger partial charge < -0.3 is 36.9 Å². The molecular weight excluding hydrogens is 514 g/mol. The van der Waals surface area contributed by atoms with Gasteiger partial charge in [-0.15, -0.1) is 0 Å². The van der Waals surface area contributed by atoms with Gasteiger partial charge >= 0.3 is 5.97 Å². The lowest BCUT2D eigenvalue weighted by Crippen LogP contribution is -2.58. The van der Waals surface area contributed by atoms with E-state index < -0.39 is 54.5 Å². The van der Waals surface area contributed by atoms with E-state index >= 15 is 0 Å². The molecule has 2 aromatic carbocycles. The predicted octanol–water partition coefficient (Wildman–Crippen LogP) is 0.858. The molecule has 0 bridgehead atoms. The fraction of sp³-hybridized carbons (Fsp3) is 0.379. The van der Waals surface area contributed by atoms with E-state index in [4.69, 9.17) is 5.73 Å². The van der Waals surface area contributed by atoms with Crippen molar-refractivity contribution in [3.05, 3.63) is 71.9 Å². The first-order valence-corrected chi connectivity index (χ1v) is 13.2. The van der Waals surface area contributed by atoms with E-state index in [9.17, 15) is 29.4 Å². The van der Waals surface area contributed by atoms with Crippen LogP contribution >= 0.6 is 0 Å². The molecule has 0 saturated heterocycles. The molecule has 4 atom stereocenters. The van der Waals surface area contributed by atoms with Crippen molar-refractivity contribution in [1.29, 1.82) is 0 Å². The van der Waals surface area contributed by atoms with Crippen molar-refractivity contribution >= 4 is 34.6 Å². The average molecular weight is 552 g/mol. The number of nitrogens with one attached hydrogen (secondary N) is 4. The Morgan fingerprint density at radius 3 is 2.08 bits per heavy atom. The minimum absolute atomic E-state index is 0.0140. The highest BCUT2D eigenvalue weighted by molar-refractivity contribution is 5.94. The molecule has 1 heterocycles. The zero-order valence-corrected chi connectivity index (χ0v) is 22.6. The van der Waals surface area contributed by atoms with Crippen LogP contribution in [0.4, 0.5) is 0 Å². The van der Waals surface area contributed by atoms with E-state index in [0.29, 0.717) is 12.0 Å². The lowest BCUT2D eigenvalue weighted by atomic mass is 10.0. The topological polar surface area (TPSA) is 187 Å². The summed E-state index contributed by atoms with van der Waals surface area (Å²) in [6.45, 7) is 3.09. The molecule has 1 aromatic heterocycles. The van der Waals surface area contributed by atoms with Crippen molar-refractivity contribution in [2.45, 2.75) is 57.3 Å². The molecule has 0 radical (unpaired) electrons. The van der Waals surface area contributed by atoms with Crippen molar-refractivity contribution in [2.24, 2.45) is 11.7 Å². The van der Waals surface area contributed by atoms with Gasteiger partial charge in [-0.1, -0.05) is 62.4 Å². The molecule has 0 spiro atoms. The molecule has 0 aliphatic carbocycles. The lowest BCUT2D eigenvalue weighted by molar-refractivity contribution is -0.142. The van der Waals surface area contributed by atoms with Gasteiger partial charge in [0.15, 0.2) is 0 Å². The number of carboxylic acids is 1. The van der Waals surface area contributed by atoms with E-state index in [0.717, 1.165) is 16.5 Å². The normalized spacial score (nSPS) is 14.2. The highest BCUT2D eigenvalue weighted by Crippen LogP contribution is 2.19. The number of aliphatic hydroxyl groups excluding tert-OH is 1. The number of hydrogen-bond acceptors (Lipinski definition) is 6. The average Bonchev–Trinajstić information content (AvgIpc) is 3.33. The number of para-hydroxylation sites is 1. The summed E-state index contributed by atoms with van der Waals surface area (Å²) in [5, 5.41) is 28.1. The zero-order valence-electron chi connectivity index (χ0n) is 22.6. The molecule has 3 aromatic rings. The molecule has 214 valence electrons. The number of fused-ring (bicyclic) bond motifs is 1. The summed E-state index contributed by atoms with van der Waals surface area (Å²) in [7, 11) is 0. The van der Waals surface area contributed by atoms with Crippen molar-refractivity contribution < 1.29 is 29.4 Å². The van der Waals surface area contributed by atoms with Gasteiger partial charge in [-0.3, -0.25) is 14.4 Å². The molecule has 3 rings (SSSR count). The summed E-state index contributed by atoms with van der Waals surface area (Å²) < 4.78 is 0. The first kappa shape index (κ1) is 30.3. The third-order valence-corrected chi connectivity index (χ3v) is 6.51. The second kappa shape index (κ2) is 14.2. The van der Waals surface area contributed by atoms with Crippen molar-refractivity contribution in [3.63, 3.8) is 0 Å². The SMILES string of the molecule is CC(C)CC(N)C(=O)NC(CO)C(=O)NC(Cc1ccccc1)C(=O)NC(Cc1c[nH]c2ccccc12)C(=O)O. The van der Waals surface area contributed by atoms with Crippen LogP contribution in [0, 0.1) is 5.92 Å². The molecule has 0 aliphatic heterocycles. The fourth-order valence-electron chi connectivity index (χ4n) is 4.41. The maximum absolute atomic E-state index is 13.4. The van der Waals surface area contributed by atoms with Gasteiger partial charge in [-0.05, 0) is 29.5 Å². The zero-order chi connectivity index (χ0) is 29.2. The fourth-order valence-corrected chi connectivity index (χ4v) is 4.41. The largest absolute Gasteiger partial charge is 0.480 e. The smallest absolute Gasteiger partial charge is 0.326 e. The van der Waals surface area contributed by atoms with Gasteiger partial charge in [-0.25, -0.2) is 4.79 Å². The highest BCUT2D eigenvalue weighted by Gasteiger charge is 2.31. The summed E-state index contributed by atoms with van der Waals surface area (Å²) in [6, 6.07) is 11.6. The quantitative estimate of drug-likeness (QED) is 0.155. The van der Waals surface area contributed by atoms with Crippen LogP contribution in [-0.2, 0) is 32.0 Å². The molecular formula is C29H37N5O6. The number of aliphatic carboxylic acids is 1. The first-order valence-electron chi connectivity index (χ1n) is 13.2. The number of carbonyl (C=O) groups excluding carboxylic acids is 3. The number of aromatic nitrogens is 1. The maximum atomic E-state index is 13.4. The van der Waals surface area contributed by atoms with E-state index in [1.807, 2.05) is 38.1 Å². The van der Waals surface area contributed by atoms with E-state index in [1.165, 1.54) is 0 Å². The Labute approximate surface area is 232 Å². The van der Waals surface area contributed by atoms with Gasteiger partial charge in [0, 0.05) is 29.9 Å². The second-order valence-corrected chi connectivity index (χ2v) is 10.2. The Morgan fingerprint density at radius 2 is 1.43 bits per heavy atom. The molecule has 3 amide bonds. The summed E-state index contributed by atoms with van der Waals surface area (Å²) in [5.74, 6) is -3.21. The number of nitrogens with two attached hydrogens (primary N) is 1. The Kier molecular flexibility index (Phi) is 10.8. The Morgan fingerprint density at radius 1 is 0.825 bits per heavy atom. The van der Waals surface area contributed by atoms with Crippen molar-refractivity contribution in [3.8, 4) is 0 Å². The molecule has 0 aliphatic rings. The monoisotopic (exact) mass is 551 g/mol. The van der Waals surface area contributed by atoms with Gasteiger partial charge in [-0.2, -0.15) is 0 Å². The summed E-state index contributed by atoms with van der Waals surface area (Å²) in [5.41, 5.74) is 8.17. The van der Waals surface area contributed by atoms with Crippen LogP contribution in [-0.4, -0.2) is 69.7 Å². The highest BCUT2D eigenvalue weighted by atomic mass is 16.4.